The Morgan fingerprint density at radius 3 is 2.77 bits per heavy atom. The number of aromatic nitrogens is 2. The minimum Gasteiger partial charge on any atom is -0.474 e. The third kappa shape index (κ3) is 1.56. The van der Waals surface area contributed by atoms with Gasteiger partial charge in [-0.1, -0.05) is 0 Å². The van der Waals surface area contributed by atoms with Gasteiger partial charge in [-0.25, -0.2) is 9.98 Å². The molecule has 1 aliphatic heterocycles. The van der Waals surface area contributed by atoms with Crippen LogP contribution in [0.3, 0.4) is 0 Å². The van der Waals surface area contributed by atoms with Crippen molar-refractivity contribution in [3.63, 3.8) is 0 Å². The van der Waals surface area contributed by atoms with Gasteiger partial charge in [0.1, 0.15) is 12.3 Å². The molecule has 0 radical (unpaired) electrons. The molecule has 0 bridgehead atoms. The fourth-order valence-corrected chi connectivity index (χ4v) is 1.24. The van der Waals surface area contributed by atoms with Crippen molar-refractivity contribution >= 4 is 5.90 Å². The van der Waals surface area contributed by atoms with Crippen LogP contribution in [-0.4, -0.2) is 27.6 Å². The maximum atomic E-state index is 5.44. The van der Waals surface area contributed by atoms with E-state index in [1.54, 1.807) is 6.33 Å². The molecule has 1 aromatic rings. The largest absolute Gasteiger partial charge is 0.474 e. The summed E-state index contributed by atoms with van der Waals surface area (Å²) in [5.74, 6) is 0.658. The van der Waals surface area contributed by atoms with Gasteiger partial charge in [0, 0.05) is 13.2 Å². The first-order valence-electron chi connectivity index (χ1n) is 4.28. The highest BCUT2D eigenvalue weighted by Gasteiger charge is 2.27. The van der Waals surface area contributed by atoms with Crippen LogP contribution in [-0.2, 0) is 11.8 Å². The zero-order chi connectivity index (χ0) is 9.47. The van der Waals surface area contributed by atoms with E-state index in [1.807, 2.05) is 31.7 Å². The van der Waals surface area contributed by atoms with Crippen molar-refractivity contribution in [3.05, 3.63) is 18.2 Å². The van der Waals surface area contributed by atoms with Gasteiger partial charge in [-0.05, 0) is 13.8 Å². The Labute approximate surface area is 77.3 Å². The number of aliphatic imine (C=N–C) groups is 1. The Morgan fingerprint density at radius 1 is 1.54 bits per heavy atom. The molecule has 0 saturated carbocycles. The molecule has 1 aromatic heterocycles. The molecule has 0 spiro atoms. The molecule has 2 heterocycles. The maximum Gasteiger partial charge on any atom is 0.237 e. The third-order valence-corrected chi connectivity index (χ3v) is 1.89. The fraction of sp³-hybridized carbons (Fsp3) is 0.556. The zero-order valence-electron chi connectivity index (χ0n) is 8.11. The van der Waals surface area contributed by atoms with Crippen molar-refractivity contribution in [2.45, 2.75) is 19.4 Å². The van der Waals surface area contributed by atoms with E-state index in [4.69, 9.17) is 4.74 Å². The molecule has 0 N–H and O–H groups in total. The normalized spacial score (nSPS) is 19.8. The quantitative estimate of drug-likeness (QED) is 0.644. The lowest BCUT2D eigenvalue weighted by molar-refractivity contribution is 0.279. The maximum absolute atomic E-state index is 5.44. The van der Waals surface area contributed by atoms with E-state index in [1.165, 1.54) is 0 Å². The topological polar surface area (TPSA) is 39.4 Å². The lowest BCUT2D eigenvalue weighted by Crippen LogP contribution is -2.17. The van der Waals surface area contributed by atoms with Gasteiger partial charge in [0.2, 0.25) is 5.90 Å². The van der Waals surface area contributed by atoms with Gasteiger partial charge in [0.05, 0.1) is 11.9 Å². The average Bonchev–Trinajstić information content (AvgIpc) is 2.56. The summed E-state index contributed by atoms with van der Waals surface area (Å²) in [4.78, 5) is 8.59. The summed E-state index contributed by atoms with van der Waals surface area (Å²) in [5, 5.41) is 0. The predicted octanol–water partition coefficient (Wildman–Crippen LogP) is 0.975. The second-order valence-corrected chi connectivity index (χ2v) is 3.94. The first-order chi connectivity index (χ1) is 6.07. The van der Waals surface area contributed by atoms with Crippen molar-refractivity contribution in [1.29, 1.82) is 0 Å². The SMILES string of the molecule is Cn1cnc(C2=NC(C)(C)CO2)c1. The van der Waals surface area contributed by atoms with Crippen LogP contribution in [0.15, 0.2) is 17.5 Å². The van der Waals surface area contributed by atoms with Crippen molar-refractivity contribution in [1.82, 2.24) is 9.55 Å². The highest BCUT2D eigenvalue weighted by atomic mass is 16.5. The van der Waals surface area contributed by atoms with Crippen molar-refractivity contribution < 1.29 is 4.74 Å². The number of hydrogen-bond acceptors (Lipinski definition) is 3. The Hall–Kier alpha value is -1.32. The lowest BCUT2D eigenvalue weighted by Gasteiger charge is -2.07. The number of hydrogen-bond donors (Lipinski definition) is 0. The molecule has 1 aliphatic rings. The van der Waals surface area contributed by atoms with E-state index < -0.39 is 0 Å². The van der Waals surface area contributed by atoms with Gasteiger partial charge in [0.25, 0.3) is 0 Å². The summed E-state index contributed by atoms with van der Waals surface area (Å²) < 4.78 is 7.32. The molecule has 0 atom stereocenters. The number of aryl methyl sites for hydroxylation is 1. The van der Waals surface area contributed by atoms with Crippen LogP contribution in [0.25, 0.3) is 0 Å². The van der Waals surface area contributed by atoms with Crippen LogP contribution >= 0.6 is 0 Å². The number of nitrogens with zero attached hydrogens (tertiary/aromatic N) is 3. The summed E-state index contributed by atoms with van der Waals surface area (Å²) >= 11 is 0. The lowest BCUT2D eigenvalue weighted by atomic mass is 10.1. The standard InChI is InChI=1S/C9H13N3O/c1-9(2)5-13-8(11-9)7-4-12(3)6-10-7/h4,6H,5H2,1-3H3. The Bertz CT molecular complexity index is 351. The van der Waals surface area contributed by atoms with E-state index in [0.717, 1.165) is 5.69 Å². The Morgan fingerprint density at radius 2 is 2.31 bits per heavy atom. The number of imidazole rings is 1. The Kier molecular flexibility index (Phi) is 1.65. The summed E-state index contributed by atoms with van der Waals surface area (Å²) in [6.07, 6.45) is 3.65. The third-order valence-electron chi connectivity index (χ3n) is 1.89. The molecular formula is C9H13N3O. The first kappa shape index (κ1) is 8.29. The van der Waals surface area contributed by atoms with E-state index in [0.29, 0.717) is 12.5 Å². The highest BCUT2D eigenvalue weighted by Crippen LogP contribution is 2.19. The molecule has 0 fully saturated rings. The number of ether oxygens (including phenoxy) is 1. The minimum atomic E-state index is -0.104. The molecular weight excluding hydrogens is 166 g/mol. The van der Waals surface area contributed by atoms with Crippen LogP contribution in [0.2, 0.25) is 0 Å². The highest BCUT2D eigenvalue weighted by molar-refractivity contribution is 5.93. The van der Waals surface area contributed by atoms with E-state index in [2.05, 4.69) is 9.98 Å². The minimum absolute atomic E-state index is 0.104. The van der Waals surface area contributed by atoms with Crippen molar-refractivity contribution in [2.24, 2.45) is 12.0 Å². The van der Waals surface area contributed by atoms with Crippen LogP contribution in [0.1, 0.15) is 19.5 Å². The van der Waals surface area contributed by atoms with E-state index >= 15 is 0 Å². The molecule has 0 saturated heterocycles. The van der Waals surface area contributed by atoms with Crippen molar-refractivity contribution in [2.75, 3.05) is 6.61 Å². The van der Waals surface area contributed by atoms with Gasteiger partial charge in [-0.3, -0.25) is 0 Å². The second-order valence-electron chi connectivity index (χ2n) is 3.94. The fourth-order valence-electron chi connectivity index (χ4n) is 1.24. The van der Waals surface area contributed by atoms with Gasteiger partial charge in [0.15, 0.2) is 0 Å². The molecule has 70 valence electrons. The first-order valence-corrected chi connectivity index (χ1v) is 4.28. The predicted molar refractivity (Wildman–Crippen MR) is 49.8 cm³/mol. The molecule has 0 aromatic carbocycles. The van der Waals surface area contributed by atoms with E-state index in [9.17, 15) is 0 Å². The summed E-state index contributed by atoms with van der Waals surface area (Å²) in [5.41, 5.74) is 0.709. The van der Waals surface area contributed by atoms with Gasteiger partial charge in [-0.2, -0.15) is 0 Å². The van der Waals surface area contributed by atoms with Gasteiger partial charge >= 0.3 is 0 Å². The second kappa shape index (κ2) is 2.58. The zero-order valence-corrected chi connectivity index (χ0v) is 8.11. The molecule has 0 unspecified atom stereocenters. The van der Waals surface area contributed by atoms with Crippen LogP contribution in [0.5, 0.6) is 0 Å². The van der Waals surface area contributed by atoms with Crippen LogP contribution < -0.4 is 0 Å². The van der Waals surface area contributed by atoms with E-state index in [-0.39, 0.29) is 5.54 Å². The molecule has 4 heteroatoms. The number of rotatable bonds is 1. The molecule has 2 rings (SSSR count). The smallest absolute Gasteiger partial charge is 0.237 e. The summed E-state index contributed by atoms with van der Waals surface area (Å²) in [6, 6.07) is 0. The van der Waals surface area contributed by atoms with Gasteiger partial charge in [-0.15, -0.1) is 0 Å². The average molecular weight is 179 g/mol. The van der Waals surface area contributed by atoms with Crippen LogP contribution in [0.4, 0.5) is 0 Å². The molecule has 0 aliphatic carbocycles. The van der Waals surface area contributed by atoms with Gasteiger partial charge < -0.3 is 9.30 Å². The Balaban J connectivity index is 2.29. The molecule has 4 nitrogen and oxygen atoms in total. The molecule has 13 heavy (non-hydrogen) atoms. The monoisotopic (exact) mass is 179 g/mol. The van der Waals surface area contributed by atoms with Crippen LogP contribution in [0, 0.1) is 0 Å². The molecule has 0 amide bonds. The van der Waals surface area contributed by atoms with Crippen molar-refractivity contribution in [3.8, 4) is 0 Å². The summed E-state index contributed by atoms with van der Waals surface area (Å²) in [7, 11) is 1.93. The summed E-state index contributed by atoms with van der Waals surface area (Å²) in [6.45, 7) is 4.73.